The summed E-state index contributed by atoms with van der Waals surface area (Å²) in [6.45, 7) is 5.72. The van der Waals surface area contributed by atoms with Crippen molar-refractivity contribution in [1.82, 2.24) is 19.8 Å². The van der Waals surface area contributed by atoms with Crippen molar-refractivity contribution in [2.45, 2.75) is 13.3 Å². The van der Waals surface area contributed by atoms with Crippen LogP contribution >= 0.6 is 0 Å². The monoisotopic (exact) mass is 349 g/mol. The Morgan fingerprint density at radius 3 is 2.30 bits per heavy atom. The number of nitrogens with zero attached hydrogens (tertiary/aromatic N) is 3. The zero-order chi connectivity index (χ0) is 17.3. The minimum atomic E-state index is -3.14. The molecule has 0 saturated carbocycles. The van der Waals surface area contributed by atoms with Gasteiger partial charge in [0.25, 0.3) is 0 Å². The third-order valence-corrected chi connectivity index (χ3v) is 4.05. The summed E-state index contributed by atoms with van der Waals surface area (Å²) in [5.74, 6) is 0.757. The summed E-state index contributed by atoms with van der Waals surface area (Å²) in [7, 11) is -1.43. The molecule has 134 valence electrons. The molecule has 0 radical (unpaired) electrons. The molecule has 1 amide bonds. The number of amides is 1. The van der Waals surface area contributed by atoms with Gasteiger partial charge in [-0.2, -0.15) is 0 Å². The molecular weight excluding hydrogens is 322 g/mol. The SMILES string of the molecule is CCOC(=O)N1CCN(C(=NC)NCCCNS(C)(=O)=O)CC1. The van der Waals surface area contributed by atoms with Crippen LogP contribution in [0.4, 0.5) is 4.79 Å². The molecule has 2 N–H and O–H groups in total. The van der Waals surface area contributed by atoms with Crippen LogP contribution in [0.5, 0.6) is 0 Å². The van der Waals surface area contributed by atoms with Crippen molar-refractivity contribution in [1.29, 1.82) is 0 Å². The molecule has 10 heteroatoms. The number of carbonyl (C=O) groups is 1. The maximum atomic E-state index is 11.7. The summed E-state index contributed by atoms with van der Waals surface area (Å²) in [4.78, 5) is 19.6. The number of rotatable bonds is 6. The third kappa shape index (κ3) is 7.51. The second-order valence-electron chi connectivity index (χ2n) is 5.17. The second kappa shape index (κ2) is 9.56. The van der Waals surface area contributed by atoms with E-state index in [1.165, 1.54) is 0 Å². The number of ether oxygens (including phenoxy) is 1. The zero-order valence-corrected chi connectivity index (χ0v) is 14.9. The van der Waals surface area contributed by atoms with Gasteiger partial charge in [-0.3, -0.25) is 4.99 Å². The van der Waals surface area contributed by atoms with Gasteiger partial charge >= 0.3 is 6.09 Å². The molecule has 0 aromatic rings. The Bertz CT molecular complexity index is 500. The van der Waals surface area contributed by atoms with Crippen LogP contribution in [-0.4, -0.2) is 89.4 Å². The topological polar surface area (TPSA) is 103 Å². The molecule has 1 heterocycles. The van der Waals surface area contributed by atoms with E-state index in [-0.39, 0.29) is 6.09 Å². The lowest BCUT2D eigenvalue weighted by Crippen LogP contribution is -2.54. The molecule has 1 rings (SSSR count). The van der Waals surface area contributed by atoms with E-state index in [4.69, 9.17) is 4.74 Å². The molecule has 0 atom stereocenters. The number of nitrogens with one attached hydrogen (secondary N) is 2. The molecule has 23 heavy (non-hydrogen) atoms. The first kappa shape index (κ1) is 19.5. The number of sulfonamides is 1. The standard InChI is InChI=1S/C13H27N5O4S/c1-4-22-13(19)18-10-8-17(9-11-18)12(14-2)15-6-5-7-16-23(3,20)21/h16H,4-11H2,1-3H3,(H,14,15). The van der Waals surface area contributed by atoms with Crippen LogP contribution in [0.1, 0.15) is 13.3 Å². The molecule has 1 aliphatic heterocycles. The summed E-state index contributed by atoms with van der Waals surface area (Å²) in [5.41, 5.74) is 0. The minimum Gasteiger partial charge on any atom is -0.450 e. The van der Waals surface area contributed by atoms with Gasteiger partial charge in [-0.05, 0) is 13.3 Å². The van der Waals surface area contributed by atoms with Crippen molar-refractivity contribution in [3.05, 3.63) is 0 Å². The van der Waals surface area contributed by atoms with Crippen molar-refractivity contribution in [2.24, 2.45) is 4.99 Å². The van der Waals surface area contributed by atoms with E-state index in [0.717, 1.165) is 12.2 Å². The Labute approximate surface area is 138 Å². The Balaban J connectivity index is 2.30. The number of hydrogen-bond acceptors (Lipinski definition) is 5. The van der Waals surface area contributed by atoms with Crippen LogP contribution in [0.25, 0.3) is 0 Å². The fraction of sp³-hybridized carbons (Fsp3) is 0.846. The van der Waals surface area contributed by atoms with Crippen LogP contribution in [0, 0.1) is 0 Å². The molecule has 9 nitrogen and oxygen atoms in total. The average molecular weight is 349 g/mol. The zero-order valence-electron chi connectivity index (χ0n) is 14.0. The van der Waals surface area contributed by atoms with Gasteiger partial charge in [0.15, 0.2) is 5.96 Å². The summed E-state index contributed by atoms with van der Waals surface area (Å²) in [5, 5.41) is 3.20. The fourth-order valence-electron chi connectivity index (χ4n) is 2.19. The van der Waals surface area contributed by atoms with E-state index in [9.17, 15) is 13.2 Å². The maximum absolute atomic E-state index is 11.7. The van der Waals surface area contributed by atoms with E-state index in [2.05, 4.69) is 19.9 Å². The highest BCUT2D eigenvalue weighted by molar-refractivity contribution is 7.88. The van der Waals surface area contributed by atoms with E-state index in [1.807, 2.05) is 0 Å². The Kier molecular flexibility index (Phi) is 8.10. The van der Waals surface area contributed by atoms with Crippen molar-refractivity contribution < 1.29 is 17.9 Å². The van der Waals surface area contributed by atoms with Gasteiger partial charge in [0.1, 0.15) is 0 Å². The predicted molar refractivity (Wildman–Crippen MR) is 89.0 cm³/mol. The molecule has 0 unspecified atom stereocenters. The molecule has 1 aliphatic rings. The van der Waals surface area contributed by atoms with Gasteiger partial charge < -0.3 is 19.9 Å². The second-order valence-corrected chi connectivity index (χ2v) is 7.00. The minimum absolute atomic E-state index is 0.276. The normalized spacial score (nSPS) is 16.4. The third-order valence-electron chi connectivity index (χ3n) is 3.32. The first-order valence-electron chi connectivity index (χ1n) is 7.69. The van der Waals surface area contributed by atoms with Gasteiger partial charge in [0.2, 0.25) is 10.0 Å². The molecule has 0 spiro atoms. The molecule has 1 saturated heterocycles. The lowest BCUT2D eigenvalue weighted by molar-refractivity contribution is 0.0914. The number of aliphatic imine (C=N–C) groups is 1. The highest BCUT2D eigenvalue weighted by atomic mass is 32.2. The molecule has 0 aromatic carbocycles. The van der Waals surface area contributed by atoms with Crippen molar-refractivity contribution in [2.75, 3.05) is 59.2 Å². The van der Waals surface area contributed by atoms with Crippen LogP contribution < -0.4 is 10.0 Å². The smallest absolute Gasteiger partial charge is 0.409 e. The average Bonchev–Trinajstić information content (AvgIpc) is 2.50. The van der Waals surface area contributed by atoms with Crippen molar-refractivity contribution in [3.63, 3.8) is 0 Å². The van der Waals surface area contributed by atoms with Gasteiger partial charge in [-0.1, -0.05) is 0 Å². The summed E-state index contributed by atoms with van der Waals surface area (Å²) >= 11 is 0. The highest BCUT2D eigenvalue weighted by Gasteiger charge is 2.23. The number of carbonyl (C=O) groups excluding carboxylic acids is 1. The van der Waals surface area contributed by atoms with Crippen LogP contribution in [0.3, 0.4) is 0 Å². The molecule has 0 bridgehead atoms. The largest absolute Gasteiger partial charge is 0.450 e. The predicted octanol–water partition coefficient (Wildman–Crippen LogP) is -0.725. The summed E-state index contributed by atoms with van der Waals surface area (Å²) in [6.07, 6.45) is 1.53. The maximum Gasteiger partial charge on any atom is 0.409 e. The van der Waals surface area contributed by atoms with Crippen molar-refractivity contribution >= 4 is 22.1 Å². The van der Waals surface area contributed by atoms with Gasteiger partial charge in [-0.15, -0.1) is 0 Å². The molecule has 0 aliphatic carbocycles. The summed E-state index contributed by atoms with van der Waals surface area (Å²) < 4.78 is 29.3. The first-order valence-corrected chi connectivity index (χ1v) is 9.58. The van der Waals surface area contributed by atoms with E-state index in [1.54, 1.807) is 18.9 Å². The fourth-order valence-corrected chi connectivity index (χ4v) is 2.71. The van der Waals surface area contributed by atoms with Crippen LogP contribution in [0.2, 0.25) is 0 Å². The Morgan fingerprint density at radius 2 is 1.78 bits per heavy atom. The quantitative estimate of drug-likeness (QED) is 0.372. The van der Waals surface area contributed by atoms with Gasteiger partial charge in [0, 0.05) is 46.3 Å². The number of guanidine groups is 1. The van der Waals surface area contributed by atoms with E-state index in [0.29, 0.717) is 52.3 Å². The Hall–Kier alpha value is -1.55. The number of hydrogen-bond donors (Lipinski definition) is 2. The Morgan fingerprint density at radius 1 is 1.17 bits per heavy atom. The number of piperazine rings is 1. The molecule has 0 aromatic heterocycles. The van der Waals surface area contributed by atoms with Gasteiger partial charge in [-0.25, -0.2) is 17.9 Å². The lowest BCUT2D eigenvalue weighted by atomic mass is 10.3. The van der Waals surface area contributed by atoms with Crippen LogP contribution in [-0.2, 0) is 14.8 Å². The lowest BCUT2D eigenvalue weighted by Gasteiger charge is -2.35. The van der Waals surface area contributed by atoms with E-state index < -0.39 is 10.0 Å². The van der Waals surface area contributed by atoms with Crippen LogP contribution in [0.15, 0.2) is 4.99 Å². The summed E-state index contributed by atoms with van der Waals surface area (Å²) in [6, 6.07) is 0. The molecule has 1 fully saturated rings. The van der Waals surface area contributed by atoms with Gasteiger partial charge in [0.05, 0.1) is 12.9 Å². The highest BCUT2D eigenvalue weighted by Crippen LogP contribution is 2.04. The molecular formula is C13H27N5O4S. The first-order chi connectivity index (χ1) is 10.9. The van der Waals surface area contributed by atoms with E-state index >= 15 is 0 Å². The van der Waals surface area contributed by atoms with Crippen molar-refractivity contribution in [3.8, 4) is 0 Å².